The predicted molar refractivity (Wildman–Crippen MR) is 44.8 cm³/mol. The molecule has 0 aliphatic carbocycles. The van der Waals surface area contributed by atoms with Gasteiger partial charge in [0.1, 0.15) is 6.33 Å². The van der Waals surface area contributed by atoms with Crippen LogP contribution in [0.2, 0.25) is 0 Å². The van der Waals surface area contributed by atoms with E-state index in [9.17, 15) is 4.79 Å². The van der Waals surface area contributed by atoms with Crippen LogP contribution in [0, 0.1) is 5.92 Å². The van der Waals surface area contributed by atoms with E-state index in [1.807, 2.05) is 13.8 Å². The van der Waals surface area contributed by atoms with Crippen molar-refractivity contribution in [1.29, 1.82) is 0 Å². The van der Waals surface area contributed by atoms with E-state index in [4.69, 9.17) is 0 Å². The normalized spacial score (nSPS) is 10.7. The fourth-order valence-electron chi connectivity index (χ4n) is 1.01. The second-order valence-electron chi connectivity index (χ2n) is 3.23. The molecule has 0 amide bonds. The maximum absolute atomic E-state index is 11.4. The third-order valence-electron chi connectivity index (χ3n) is 1.55. The zero-order valence-corrected chi connectivity index (χ0v) is 7.61. The van der Waals surface area contributed by atoms with Gasteiger partial charge in [0.25, 0.3) is 0 Å². The number of Topliss-reactive ketones (excluding diaryl/α,β-unsaturated/α-hetero) is 1. The van der Waals surface area contributed by atoms with Gasteiger partial charge in [-0.1, -0.05) is 13.8 Å². The smallest absolute Gasteiger partial charge is 0.200 e. The average Bonchev–Trinajstić information content (AvgIpc) is 2.33. The molecule has 66 valence electrons. The van der Waals surface area contributed by atoms with Crippen LogP contribution >= 0.6 is 0 Å². The summed E-state index contributed by atoms with van der Waals surface area (Å²) in [6.45, 7) is 4.02. The quantitative estimate of drug-likeness (QED) is 0.632. The molecule has 12 heavy (non-hydrogen) atoms. The molecular formula is C8H13N3O. The molecule has 1 aromatic heterocycles. The molecule has 1 rings (SSSR count). The van der Waals surface area contributed by atoms with Crippen molar-refractivity contribution in [3.8, 4) is 0 Å². The van der Waals surface area contributed by atoms with Crippen LogP contribution in [0.25, 0.3) is 0 Å². The Hall–Kier alpha value is -1.19. The molecule has 0 N–H and O–H groups in total. The van der Waals surface area contributed by atoms with Gasteiger partial charge in [-0.15, -0.1) is 0 Å². The highest BCUT2D eigenvalue weighted by atomic mass is 16.1. The van der Waals surface area contributed by atoms with Gasteiger partial charge in [0, 0.05) is 13.5 Å². The summed E-state index contributed by atoms with van der Waals surface area (Å²) in [4.78, 5) is 15.3. The topological polar surface area (TPSA) is 47.8 Å². The number of hydrogen-bond acceptors (Lipinski definition) is 3. The van der Waals surface area contributed by atoms with Crippen LogP contribution in [0.5, 0.6) is 0 Å². The van der Waals surface area contributed by atoms with Crippen LogP contribution in [-0.2, 0) is 7.05 Å². The van der Waals surface area contributed by atoms with Crippen LogP contribution in [0.1, 0.15) is 30.9 Å². The van der Waals surface area contributed by atoms with Crippen LogP contribution in [-0.4, -0.2) is 20.5 Å². The molecule has 0 radical (unpaired) electrons. The van der Waals surface area contributed by atoms with Gasteiger partial charge >= 0.3 is 0 Å². The molecule has 0 atom stereocenters. The lowest BCUT2D eigenvalue weighted by molar-refractivity contribution is 0.0953. The minimum atomic E-state index is 0.0602. The van der Waals surface area contributed by atoms with E-state index in [2.05, 4.69) is 10.1 Å². The molecule has 0 saturated heterocycles. The monoisotopic (exact) mass is 167 g/mol. The summed E-state index contributed by atoms with van der Waals surface area (Å²) in [6.07, 6.45) is 1.93. The molecule has 0 aliphatic rings. The number of nitrogens with zero attached hydrogens (tertiary/aromatic N) is 3. The molecule has 0 aliphatic heterocycles. The van der Waals surface area contributed by atoms with Crippen molar-refractivity contribution in [2.75, 3.05) is 0 Å². The maximum Gasteiger partial charge on any atom is 0.200 e. The van der Waals surface area contributed by atoms with Crippen molar-refractivity contribution in [3.63, 3.8) is 0 Å². The Morgan fingerprint density at radius 1 is 1.67 bits per heavy atom. The first-order chi connectivity index (χ1) is 5.61. The lowest BCUT2D eigenvalue weighted by Gasteiger charge is -2.01. The lowest BCUT2D eigenvalue weighted by atomic mass is 10.1. The Labute approximate surface area is 71.6 Å². The van der Waals surface area contributed by atoms with E-state index in [1.165, 1.54) is 11.0 Å². The number of ketones is 1. The van der Waals surface area contributed by atoms with Crippen molar-refractivity contribution >= 4 is 5.78 Å². The number of hydrogen-bond donors (Lipinski definition) is 0. The van der Waals surface area contributed by atoms with E-state index in [0.29, 0.717) is 18.2 Å². The van der Waals surface area contributed by atoms with E-state index in [-0.39, 0.29) is 5.78 Å². The molecule has 0 bridgehead atoms. The summed E-state index contributed by atoms with van der Waals surface area (Å²) in [5, 5.41) is 3.83. The van der Waals surface area contributed by atoms with Crippen molar-refractivity contribution < 1.29 is 4.79 Å². The predicted octanol–water partition coefficient (Wildman–Crippen LogP) is 1.04. The first kappa shape index (κ1) is 8.90. The second-order valence-corrected chi connectivity index (χ2v) is 3.23. The number of carbonyl (C=O) groups excluding carboxylic acids is 1. The standard InChI is InChI=1S/C8H13N3O/c1-6(2)4-7(12)8-9-5-10-11(8)3/h5-6H,4H2,1-3H3. The minimum absolute atomic E-state index is 0.0602. The molecule has 1 aromatic rings. The van der Waals surface area contributed by atoms with Crippen molar-refractivity contribution in [2.45, 2.75) is 20.3 Å². The van der Waals surface area contributed by atoms with Crippen LogP contribution < -0.4 is 0 Å². The van der Waals surface area contributed by atoms with E-state index in [0.717, 1.165) is 0 Å². The molecule has 4 heteroatoms. The third kappa shape index (κ3) is 1.90. The number of aromatic nitrogens is 3. The summed E-state index contributed by atoms with van der Waals surface area (Å²) in [5.41, 5.74) is 0. The van der Waals surface area contributed by atoms with Crippen molar-refractivity contribution in [2.24, 2.45) is 13.0 Å². The third-order valence-corrected chi connectivity index (χ3v) is 1.55. The molecule has 0 fully saturated rings. The molecule has 4 nitrogen and oxygen atoms in total. The molecular weight excluding hydrogens is 154 g/mol. The highest BCUT2D eigenvalue weighted by Crippen LogP contribution is 2.05. The van der Waals surface area contributed by atoms with Crippen LogP contribution in [0.15, 0.2) is 6.33 Å². The first-order valence-corrected chi connectivity index (χ1v) is 3.98. The van der Waals surface area contributed by atoms with Gasteiger partial charge in [-0.2, -0.15) is 5.10 Å². The second kappa shape index (κ2) is 3.47. The summed E-state index contributed by atoms with van der Waals surface area (Å²) in [7, 11) is 1.72. The summed E-state index contributed by atoms with van der Waals surface area (Å²) in [6, 6.07) is 0. The van der Waals surface area contributed by atoms with Gasteiger partial charge in [-0.05, 0) is 5.92 Å². The van der Waals surface area contributed by atoms with Gasteiger partial charge in [-0.3, -0.25) is 4.79 Å². The number of carbonyl (C=O) groups is 1. The van der Waals surface area contributed by atoms with Crippen LogP contribution in [0.3, 0.4) is 0 Å². The fraction of sp³-hybridized carbons (Fsp3) is 0.625. The Morgan fingerprint density at radius 3 is 2.75 bits per heavy atom. The summed E-state index contributed by atoms with van der Waals surface area (Å²) < 4.78 is 1.50. The van der Waals surface area contributed by atoms with Gasteiger partial charge in [0.2, 0.25) is 0 Å². The molecule has 0 unspecified atom stereocenters. The number of aryl methyl sites for hydroxylation is 1. The highest BCUT2D eigenvalue weighted by molar-refractivity contribution is 5.92. The Bertz CT molecular complexity index is 278. The Balaban J connectivity index is 2.72. The van der Waals surface area contributed by atoms with E-state index < -0.39 is 0 Å². The molecule has 0 spiro atoms. The lowest BCUT2D eigenvalue weighted by Crippen LogP contribution is -2.10. The van der Waals surface area contributed by atoms with E-state index in [1.54, 1.807) is 7.05 Å². The fourth-order valence-corrected chi connectivity index (χ4v) is 1.01. The summed E-state index contributed by atoms with van der Waals surface area (Å²) in [5.74, 6) is 0.878. The highest BCUT2D eigenvalue weighted by Gasteiger charge is 2.12. The van der Waals surface area contributed by atoms with Gasteiger partial charge < -0.3 is 0 Å². The van der Waals surface area contributed by atoms with Gasteiger partial charge in [0.15, 0.2) is 11.6 Å². The summed E-state index contributed by atoms with van der Waals surface area (Å²) >= 11 is 0. The van der Waals surface area contributed by atoms with E-state index >= 15 is 0 Å². The molecule has 0 saturated carbocycles. The van der Waals surface area contributed by atoms with Crippen molar-refractivity contribution in [3.05, 3.63) is 12.2 Å². The molecule has 0 aromatic carbocycles. The van der Waals surface area contributed by atoms with Crippen molar-refractivity contribution in [1.82, 2.24) is 14.8 Å². The SMILES string of the molecule is CC(C)CC(=O)c1ncnn1C. The zero-order valence-electron chi connectivity index (χ0n) is 7.61. The Kier molecular flexibility index (Phi) is 2.58. The number of rotatable bonds is 3. The largest absolute Gasteiger partial charge is 0.291 e. The maximum atomic E-state index is 11.4. The van der Waals surface area contributed by atoms with Gasteiger partial charge in [-0.25, -0.2) is 9.67 Å². The zero-order chi connectivity index (χ0) is 9.14. The Morgan fingerprint density at radius 2 is 2.33 bits per heavy atom. The van der Waals surface area contributed by atoms with Gasteiger partial charge in [0.05, 0.1) is 0 Å². The first-order valence-electron chi connectivity index (χ1n) is 3.98. The average molecular weight is 167 g/mol. The van der Waals surface area contributed by atoms with Crippen LogP contribution in [0.4, 0.5) is 0 Å². The molecule has 1 heterocycles. The minimum Gasteiger partial charge on any atom is -0.291 e.